The van der Waals surface area contributed by atoms with Gasteiger partial charge < -0.3 is 24.7 Å². The highest BCUT2D eigenvalue weighted by molar-refractivity contribution is 5.85. The molecule has 0 aliphatic carbocycles. The molecule has 35 heavy (non-hydrogen) atoms. The summed E-state index contributed by atoms with van der Waals surface area (Å²) in [5.74, 6) is -1.03. The average molecular weight is 481 g/mol. The van der Waals surface area contributed by atoms with Crippen molar-refractivity contribution in [2.45, 2.75) is 78.9 Å². The molecule has 0 spiro atoms. The Morgan fingerprint density at radius 1 is 1.00 bits per heavy atom. The van der Waals surface area contributed by atoms with Crippen molar-refractivity contribution in [2.24, 2.45) is 0 Å². The summed E-state index contributed by atoms with van der Waals surface area (Å²) in [5, 5.41) is 20.2. The molecule has 188 valence electrons. The van der Waals surface area contributed by atoms with Gasteiger partial charge in [0.2, 0.25) is 0 Å². The fourth-order valence-electron chi connectivity index (χ4n) is 5.28. The van der Waals surface area contributed by atoms with Crippen LogP contribution < -0.4 is 0 Å². The number of aliphatic hydroxyl groups is 1. The summed E-state index contributed by atoms with van der Waals surface area (Å²) in [6.45, 7) is 13.3. The van der Waals surface area contributed by atoms with Crippen LogP contribution in [0.3, 0.4) is 0 Å². The summed E-state index contributed by atoms with van der Waals surface area (Å²) in [4.78, 5) is 29.2. The maximum Gasteiger partial charge on any atom is 0.337 e. The molecule has 2 aromatic rings. The first-order valence-electron chi connectivity index (χ1n) is 12.2. The van der Waals surface area contributed by atoms with Gasteiger partial charge in [0, 0.05) is 31.7 Å². The van der Waals surface area contributed by atoms with E-state index < -0.39 is 23.8 Å². The lowest BCUT2D eigenvalue weighted by Crippen LogP contribution is -2.39. The maximum absolute atomic E-state index is 13.2. The van der Waals surface area contributed by atoms with Crippen molar-refractivity contribution in [3.05, 3.63) is 57.6 Å². The van der Waals surface area contributed by atoms with E-state index in [0.717, 1.165) is 38.9 Å². The summed E-state index contributed by atoms with van der Waals surface area (Å²) in [5.41, 5.74) is 6.80. The Bertz CT molecular complexity index is 1150. The Hall–Kier alpha value is -2.90. The van der Waals surface area contributed by atoms with Crippen LogP contribution >= 0.6 is 0 Å². The summed E-state index contributed by atoms with van der Waals surface area (Å²) in [7, 11) is 0. The monoisotopic (exact) mass is 480 g/mol. The molecule has 7 nitrogen and oxygen atoms in total. The van der Waals surface area contributed by atoms with Crippen molar-refractivity contribution in [3.8, 4) is 11.1 Å². The maximum atomic E-state index is 13.2. The molecule has 2 amide bonds. The van der Waals surface area contributed by atoms with Crippen molar-refractivity contribution in [1.29, 1.82) is 0 Å². The van der Waals surface area contributed by atoms with Crippen LogP contribution in [0.4, 0.5) is 4.79 Å². The molecule has 4 rings (SSSR count). The number of hydrogen-bond acceptors (Lipinski definition) is 4. The zero-order valence-electron chi connectivity index (χ0n) is 21.5. The van der Waals surface area contributed by atoms with Crippen molar-refractivity contribution in [3.63, 3.8) is 0 Å². The van der Waals surface area contributed by atoms with Crippen LogP contribution in [-0.4, -0.2) is 56.8 Å². The molecule has 1 fully saturated rings. The smallest absolute Gasteiger partial charge is 0.337 e. The van der Waals surface area contributed by atoms with Crippen LogP contribution in [0.5, 0.6) is 0 Å². The minimum Gasteiger partial charge on any atom is -0.479 e. The standard InChI is InChI=1S/C28H36N2O5/c1-16-7-9-19(10-8-16)23-17(2)21-14-30(27(34)29-12-11-20(31)13-29)15-22(21)18(3)24(23)25(26(32)33)35-28(4,5)6/h7-10,20,25,31H,11-15H2,1-6H3,(H,32,33)/t20-,25-/m0/s1. The van der Waals surface area contributed by atoms with Crippen LogP contribution in [-0.2, 0) is 22.6 Å². The number of hydrogen-bond donors (Lipinski definition) is 2. The third-order valence-corrected chi connectivity index (χ3v) is 7.02. The van der Waals surface area contributed by atoms with Gasteiger partial charge in [-0.3, -0.25) is 0 Å². The number of carboxylic acid groups (broad SMARTS) is 1. The minimum absolute atomic E-state index is 0.0873. The van der Waals surface area contributed by atoms with Crippen molar-refractivity contribution in [1.82, 2.24) is 9.80 Å². The summed E-state index contributed by atoms with van der Waals surface area (Å²) >= 11 is 0. The lowest BCUT2D eigenvalue weighted by Gasteiger charge is -2.29. The van der Waals surface area contributed by atoms with E-state index in [9.17, 15) is 19.8 Å². The zero-order valence-corrected chi connectivity index (χ0v) is 21.5. The third kappa shape index (κ3) is 4.93. The molecule has 0 saturated carbocycles. The van der Waals surface area contributed by atoms with Gasteiger partial charge in [-0.1, -0.05) is 29.8 Å². The highest BCUT2D eigenvalue weighted by Gasteiger charge is 2.38. The number of rotatable bonds is 4. The predicted octanol–water partition coefficient (Wildman–Crippen LogP) is 4.72. The lowest BCUT2D eigenvalue weighted by molar-refractivity contribution is -0.160. The van der Waals surface area contributed by atoms with Crippen molar-refractivity contribution < 1.29 is 24.5 Å². The number of carbonyl (C=O) groups excluding carboxylic acids is 1. The van der Waals surface area contributed by atoms with Crippen molar-refractivity contribution >= 4 is 12.0 Å². The molecule has 2 aromatic carbocycles. The summed E-state index contributed by atoms with van der Waals surface area (Å²) in [6, 6.07) is 8.00. The highest BCUT2D eigenvalue weighted by Crippen LogP contribution is 2.43. The predicted molar refractivity (Wildman–Crippen MR) is 134 cm³/mol. The van der Waals surface area contributed by atoms with E-state index in [0.29, 0.717) is 38.2 Å². The van der Waals surface area contributed by atoms with Gasteiger partial charge in [-0.2, -0.15) is 0 Å². The molecule has 1 saturated heterocycles. The van der Waals surface area contributed by atoms with E-state index in [1.807, 2.05) is 65.8 Å². The highest BCUT2D eigenvalue weighted by atomic mass is 16.5. The molecule has 7 heteroatoms. The number of aliphatic carboxylic acids is 1. The molecular weight excluding hydrogens is 444 g/mol. The molecule has 0 bridgehead atoms. The fraction of sp³-hybridized carbons (Fsp3) is 0.500. The number of urea groups is 1. The molecule has 2 aliphatic heterocycles. The SMILES string of the molecule is Cc1ccc(-c2c(C)c3c(c(C)c2[C@H](OC(C)(C)C)C(=O)O)CN(C(=O)N2CC[C@H](O)C2)C3)cc1. The largest absolute Gasteiger partial charge is 0.479 e. The second kappa shape index (κ2) is 9.28. The fourth-order valence-corrected chi connectivity index (χ4v) is 5.28. The van der Waals surface area contributed by atoms with Gasteiger partial charge >= 0.3 is 12.0 Å². The minimum atomic E-state index is -1.14. The van der Waals surface area contributed by atoms with Crippen molar-refractivity contribution in [2.75, 3.05) is 13.1 Å². The van der Waals surface area contributed by atoms with E-state index in [2.05, 4.69) is 0 Å². The van der Waals surface area contributed by atoms with Crippen LogP contribution in [0.25, 0.3) is 11.1 Å². The van der Waals surface area contributed by atoms with Crippen LogP contribution in [0, 0.1) is 20.8 Å². The van der Waals surface area contributed by atoms with E-state index in [4.69, 9.17) is 4.74 Å². The van der Waals surface area contributed by atoms with E-state index >= 15 is 0 Å². The number of benzene rings is 2. The van der Waals surface area contributed by atoms with Gasteiger partial charge in [0.25, 0.3) is 0 Å². The molecular formula is C28H36N2O5. The van der Waals surface area contributed by atoms with Gasteiger partial charge in [0.05, 0.1) is 11.7 Å². The topological polar surface area (TPSA) is 90.3 Å². The first-order valence-corrected chi connectivity index (χ1v) is 12.2. The Kier molecular flexibility index (Phi) is 6.68. The number of ether oxygens (including phenoxy) is 1. The molecule has 0 aromatic heterocycles. The molecule has 0 unspecified atom stereocenters. The van der Waals surface area contributed by atoms with Gasteiger partial charge in [-0.05, 0) is 81.3 Å². The van der Waals surface area contributed by atoms with E-state index in [1.54, 1.807) is 9.80 Å². The van der Waals surface area contributed by atoms with Crippen LogP contribution in [0.1, 0.15) is 66.7 Å². The number of carbonyl (C=O) groups is 2. The van der Waals surface area contributed by atoms with Gasteiger partial charge in [0.15, 0.2) is 6.10 Å². The van der Waals surface area contributed by atoms with Gasteiger partial charge in [-0.15, -0.1) is 0 Å². The number of β-amino-alcohol motifs (C(OH)–C–C–N with tert-alkyl or cyclic N) is 1. The Labute approximate surface area is 207 Å². The van der Waals surface area contributed by atoms with Gasteiger partial charge in [-0.25, -0.2) is 9.59 Å². The van der Waals surface area contributed by atoms with Crippen LogP contribution in [0.15, 0.2) is 24.3 Å². The molecule has 2 atom stereocenters. The number of amides is 2. The quantitative estimate of drug-likeness (QED) is 0.661. The second-order valence-electron chi connectivity index (χ2n) is 10.8. The zero-order chi connectivity index (χ0) is 25.7. The summed E-state index contributed by atoms with van der Waals surface area (Å²) < 4.78 is 6.12. The van der Waals surface area contributed by atoms with E-state index in [-0.39, 0.29) is 6.03 Å². The number of carboxylic acids is 1. The molecule has 2 aliphatic rings. The Morgan fingerprint density at radius 2 is 1.60 bits per heavy atom. The van der Waals surface area contributed by atoms with Gasteiger partial charge in [0.1, 0.15) is 0 Å². The first-order chi connectivity index (χ1) is 16.4. The number of aliphatic hydroxyl groups excluding tert-OH is 1. The summed E-state index contributed by atoms with van der Waals surface area (Å²) in [6.07, 6.45) is -1.02. The molecule has 2 heterocycles. The Morgan fingerprint density at radius 3 is 2.11 bits per heavy atom. The molecule has 2 N–H and O–H groups in total. The number of fused-ring (bicyclic) bond motifs is 1. The third-order valence-electron chi connectivity index (χ3n) is 7.02. The second-order valence-corrected chi connectivity index (χ2v) is 10.8. The normalized spacial score (nSPS) is 18.7. The number of aryl methyl sites for hydroxylation is 1. The van der Waals surface area contributed by atoms with E-state index in [1.165, 1.54) is 0 Å². The van der Waals surface area contributed by atoms with Crippen LogP contribution in [0.2, 0.25) is 0 Å². The average Bonchev–Trinajstić information content (AvgIpc) is 3.41. The molecule has 0 radical (unpaired) electrons. The number of likely N-dealkylation sites (tertiary alicyclic amines) is 1. The number of nitrogens with zero attached hydrogens (tertiary/aromatic N) is 2. The lowest BCUT2D eigenvalue weighted by atomic mass is 9.83. The Balaban J connectivity index is 1.85. The first kappa shape index (κ1) is 25.2.